The molecule has 4 nitrogen and oxygen atoms in total. The van der Waals surface area contributed by atoms with Gasteiger partial charge in [0.25, 0.3) is 0 Å². The second-order valence-corrected chi connectivity index (χ2v) is 7.36. The number of nitrogens with one attached hydrogen (secondary N) is 1. The average Bonchev–Trinajstić information content (AvgIpc) is 3.10. The zero-order chi connectivity index (χ0) is 14.8. The monoisotopic (exact) mass is 292 g/mol. The van der Waals surface area contributed by atoms with E-state index < -0.39 is 0 Å². The van der Waals surface area contributed by atoms with E-state index in [9.17, 15) is 9.59 Å². The highest BCUT2D eigenvalue weighted by atomic mass is 16.2. The third-order valence-electron chi connectivity index (χ3n) is 5.99. The van der Waals surface area contributed by atoms with Crippen molar-refractivity contribution in [2.45, 2.75) is 64.0 Å². The van der Waals surface area contributed by atoms with Crippen LogP contribution in [-0.4, -0.2) is 42.3 Å². The van der Waals surface area contributed by atoms with Crippen LogP contribution in [0.4, 0.5) is 0 Å². The fourth-order valence-electron chi connectivity index (χ4n) is 4.86. The second-order valence-electron chi connectivity index (χ2n) is 7.36. The number of fused-ring (bicyclic) bond motifs is 2. The van der Waals surface area contributed by atoms with Crippen molar-refractivity contribution in [3.63, 3.8) is 0 Å². The number of nitrogens with zero attached hydrogens (tertiary/aromatic N) is 1. The number of hydrogen-bond acceptors (Lipinski definition) is 3. The lowest BCUT2D eigenvalue weighted by atomic mass is 9.84. The Bertz CT molecular complexity index is 398. The zero-order valence-corrected chi connectivity index (χ0v) is 13.1. The molecule has 1 amide bonds. The van der Waals surface area contributed by atoms with Crippen LogP contribution in [0, 0.1) is 17.8 Å². The van der Waals surface area contributed by atoms with Crippen molar-refractivity contribution in [1.29, 1.82) is 0 Å². The van der Waals surface area contributed by atoms with E-state index in [1.54, 1.807) is 0 Å². The van der Waals surface area contributed by atoms with E-state index in [0.717, 1.165) is 43.9 Å². The van der Waals surface area contributed by atoms with Crippen molar-refractivity contribution in [2.24, 2.45) is 17.8 Å². The third-order valence-corrected chi connectivity index (χ3v) is 5.99. The van der Waals surface area contributed by atoms with Gasteiger partial charge in [-0.2, -0.15) is 0 Å². The maximum absolute atomic E-state index is 12.3. The van der Waals surface area contributed by atoms with Crippen LogP contribution in [0.1, 0.15) is 51.9 Å². The molecule has 2 saturated carbocycles. The largest absolute Gasteiger partial charge is 0.352 e. The summed E-state index contributed by atoms with van der Waals surface area (Å²) in [5.74, 6) is 2.53. The Hall–Kier alpha value is -0.900. The van der Waals surface area contributed by atoms with Gasteiger partial charge in [-0.3, -0.25) is 9.69 Å². The number of hydrogen-bond donors (Lipinski definition) is 1. The van der Waals surface area contributed by atoms with Crippen LogP contribution in [0.15, 0.2) is 0 Å². The Balaban J connectivity index is 1.48. The molecule has 0 aromatic heterocycles. The molecule has 5 atom stereocenters. The Morgan fingerprint density at radius 1 is 1.29 bits per heavy atom. The first-order valence-electron chi connectivity index (χ1n) is 8.66. The summed E-state index contributed by atoms with van der Waals surface area (Å²) in [6.45, 7) is 3.42. The third kappa shape index (κ3) is 3.31. The number of carbonyl (C=O) groups is 2. The molecule has 5 unspecified atom stereocenters. The minimum Gasteiger partial charge on any atom is -0.352 e. The van der Waals surface area contributed by atoms with E-state index in [1.807, 2.05) is 4.90 Å². The molecule has 118 valence electrons. The molecule has 1 aliphatic heterocycles. The number of amides is 1. The predicted octanol–water partition coefficient (Wildman–Crippen LogP) is 1.98. The summed E-state index contributed by atoms with van der Waals surface area (Å²) < 4.78 is 0. The maximum atomic E-state index is 12.3. The van der Waals surface area contributed by atoms with Gasteiger partial charge in [-0.05, 0) is 63.3 Å². The summed E-state index contributed by atoms with van der Waals surface area (Å²) in [5, 5.41) is 3.20. The highest BCUT2D eigenvalue weighted by Crippen LogP contribution is 2.49. The highest BCUT2D eigenvalue weighted by Gasteiger charge is 2.42. The van der Waals surface area contributed by atoms with Crippen LogP contribution in [-0.2, 0) is 9.59 Å². The molecule has 2 bridgehead atoms. The summed E-state index contributed by atoms with van der Waals surface area (Å²) in [7, 11) is 0. The standard InChI is InChI=1S/C17H28N2O2/c1-12(16-9-13-5-6-14(16)8-13)18-17(21)10-19-7-3-2-4-15(19)11-20/h11-16H,2-10H2,1H3,(H,18,21). The quantitative estimate of drug-likeness (QED) is 0.788. The molecule has 0 spiro atoms. The first kappa shape index (κ1) is 15.0. The summed E-state index contributed by atoms with van der Waals surface area (Å²) in [6, 6.07) is 0.231. The second kappa shape index (κ2) is 6.47. The predicted molar refractivity (Wildman–Crippen MR) is 81.8 cm³/mol. The lowest BCUT2D eigenvalue weighted by molar-refractivity contribution is -0.125. The van der Waals surface area contributed by atoms with Crippen molar-refractivity contribution in [3.05, 3.63) is 0 Å². The van der Waals surface area contributed by atoms with Crippen molar-refractivity contribution in [3.8, 4) is 0 Å². The van der Waals surface area contributed by atoms with Gasteiger partial charge >= 0.3 is 0 Å². The molecule has 3 aliphatic rings. The lowest BCUT2D eigenvalue weighted by Gasteiger charge is -2.33. The number of likely N-dealkylation sites (tertiary alicyclic amines) is 1. The highest BCUT2D eigenvalue weighted by molar-refractivity contribution is 5.79. The van der Waals surface area contributed by atoms with Crippen LogP contribution in [0.2, 0.25) is 0 Å². The molecule has 1 N–H and O–H groups in total. The molecular weight excluding hydrogens is 264 g/mol. The van der Waals surface area contributed by atoms with Crippen molar-refractivity contribution < 1.29 is 9.59 Å². The normalized spacial score (nSPS) is 37.4. The number of rotatable bonds is 5. The van der Waals surface area contributed by atoms with Crippen LogP contribution < -0.4 is 5.32 Å². The number of aldehydes is 1. The molecule has 3 fully saturated rings. The molecule has 3 rings (SSSR count). The summed E-state index contributed by atoms with van der Waals surface area (Å²) in [5.41, 5.74) is 0. The smallest absolute Gasteiger partial charge is 0.234 e. The minimum atomic E-state index is -0.0534. The summed E-state index contributed by atoms with van der Waals surface area (Å²) >= 11 is 0. The van der Waals surface area contributed by atoms with Crippen LogP contribution >= 0.6 is 0 Å². The topological polar surface area (TPSA) is 49.4 Å². The first-order chi connectivity index (χ1) is 10.2. The maximum Gasteiger partial charge on any atom is 0.234 e. The van der Waals surface area contributed by atoms with Gasteiger partial charge < -0.3 is 10.1 Å². The minimum absolute atomic E-state index is 0.0534. The first-order valence-corrected chi connectivity index (χ1v) is 8.66. The Morgan fingerprint density at radius 3 is 2.81 bits per heavy atom. The van der Waals surface area contributed by atoms with Gasteiger partial charge in [0.1, 0.15) is 6.29 Å². The van der Waals surface area contributed by atoms with Crippen LogP contribution in [0.3, 0.4) is 0 Å². The molecule has 0 radical (unpaired) electrons. The van der Waals surface area contributed by atoms with E-state index in [4.69, 9.17) is 0 Å². The van der Waals surface area contributed by atoms with Gasteiger partial charge in [0.05, 0.1) is 12.6 Å². The SMILES string of the molecule is CC(NC(=O)CN1CCCCC1C=O)C1CC2CCC1C2. The van der Waals surface area contributed by atoms with E-state index in [0.29, 0.717) is 12.5 Å². The van der Waals surface area contributed by atoms with Crippen molar-refractivity contribution in [1.82, 2.24) is 10.2 Å². The van der Waals surface area contributed by atoms with Gasteiger partial charge in [0.2, 0.25) is 5.91 Å². The molecule has 0 aromatic rings. The van der Waals surface area contributed by atoms with Gasteiger partial charge in [-0.25, -0.2) is 0 Å². The lowest BCUT2D eigenvalue weighted by Crippen LogP contribution is -2.49. The van der Waals surface area contributed by atoms with E-state index >= 15 is 0 Å². The van der Waals surface area contributed by atoms with Crippen LogP contribution in [0.5, 0.6) is 0 Å². The average molecular weight is 292 g/mol. The molecule has 4 heteroatoms. The fourth-order valence-corrected chi connectivity index (χ4v) is 4.86. The zero-order valence-electron chi connectivity index (χ0n) is 13.1. The van der Waals surface area contributed by atoms with E-state index in [-0.39, 0.29) is 18.0 Å². The number of carbonyl (C=O) groups excluding carboxylic acids is 2. The fraction of sp³-hybridized carbons (Fsp3) is 0.882. The molecular formula is C17H28N2O2. The molecule has 1 saturated heterocycles. The van der Waals surface area contributed by atoms with E-state index in [2.05, 4.69) is 12.2 Å². The summed E-state index contributed by atoms with van der Waals surface area (Å²) in [6.07, 6.45) is 9.54. The molecule has 0 aromatic carbocycles. The molecule has 21 heavy (non-hydrogen) atoms. The Kier molecular flexibility index (Phi) is 4.63. The van der Waals surface area contributed by atoms with Gasteiger partial charge in [0, 0.05) is 6.04 Å². The van der Waals surface area contributed by atoms with Gasteiger partial charge in [0.15, 0.2) is 0 Å². The van der Waals surface area contributed by atoms with Gasteiger partial charge in [-0.1, -0.05) is 12.8 Å². The summed E-state index contributed by atoms with van der Waals surface area (Å²) in [4.78, 5) is 25.4. The van der Waals surface area contributed by atoms with Crippen molar-refractivity contribution >= 4 is 12.2 Å². The number of piperidine rings is 1. The van der Waals surface area contributed by atoms with E-state index in [1.165, 1.54) is 25.7 Å². The molecule has 1 heterocycles. The van der Waals surface area contributed by atoms with Crippen LogP contribution in [0.25, 0.3) is 0 Å². The van der Waals surface area contributed by atoms with Crippen molar-refractivity contribution in [2.75, 3.05) is 13.1 Å². The molecule has 2 aliphatic carbocycles. The Morgan fingerprint density at radius 2 is 2.14 bits per heavy atom. The van der Waals surface area contributed by atoms with Gasteiger partial charge in [-0.15, -0.1) is 0 Å². The Labute approximate surface area is 127 Å².